The smallest absolute Gasteiger partial charge is 0.270 e. The zero-order valence-corrected chi connectivity index (χ0v) is 31.1. The fourth-order valence-corrected chi connectivity index (χ4v) is 5.24. The first-order valence-corrected chi connectivity index (χ1v) is 15.8. The van der Waals surface area contributed by atoms with Crippen LogP contribution in [0, 0.1) is 29.6 Å². The molecule has 3 aromatic rings. The quantitative estimate of drug-likeness (QED) is 0.130. The van der Waals surface area contributed by atoms with Gasteiger partial charge in [-0.15, -0.1) is 12.8 Å². The molecule has 0 spiro atoms. The van der Waals surface area contributed by atoms with Gasteiger partial charge in [-0.25, -0.2) is 15.0 Å². The number of aromatic nitrogens is 4. The molecule has 5 rings (SSSR count). The van der Waals surface area contributed by atoms with Gasteiger partial charge in [-0.3, -0.25) is 14.5 Å². The predicted octanol–water partition coefficient (Wildman–Crippen LogP) is 5.44. The minimum absolute atomic E-state index is 0. The number of ether oxygens (including phenoxy) is 1. The van der Waals surface area contributed by atoms with Gasteiger partial charge in [0.25, 0.3) is 5.56 Å². The second-order valence-electron chi connectivity index (χ2n) is 11.3. The molecule has 0 amide bonds. The number of likely N-dealkylation sites (N-methyl/N-ethyl adjacent to an activating group) is 1. The number of rotatable bonds is 13. The molecule has 14 heteroatoms. The predicted molar refractivity (Wildman–Crippen MR) is 186 cm³/mol. The van der Waals surface area contributed by atoms with Crippen LogP contribution in [0.15, 0.2) is 41.5 Å². The Labute approximate surface area is 308 Å². The van der Waals surface area contributed by atoms with E-state index in [4.69, 9.17) is 25.8 Å². The Morgan fingerprint density at radius 2 is 1.83 bits per heavy atom. The number of hydrogen-bond acceptors (Lipinski definition) is 10. The van der Waals surface area contributed by atoms with Gasteiger partial charge in [0.05, 0.1) is 29.9 Å². The number of aromatic amines is 1. The summed E-state index contributed by atoms with van der Waals surface area (Å²) in [6, 6.07) is 7.56. The van der Waals surface area contributed by atoms with Gasteiger partial charge < -0.3 is 36.1 Å². The number of anilines is 1. The van der Waals surface area contributed by atoms with Crippen molar-refractivity contribution in [1.29, 1.82) is 0 Å². The molecule has 1 aliphatic carbocycles. The molecule has 2 aromatic heterocycles. The van der Waals surface area contributed by atoms with Crippen LogP contribution in [-0.4, -0.2) is 76.2 Å². The van der Waals surface area contributed by atoms with Crippen LogP contribution < -0.4 is 15.6 Å². The molecule has 1 saturated heterocycles. The third-order valence-electron chi connectivity index (χ3n) is 7.63. The topological polar surface area (TPSA) is 193 Å². The molecule has 259 valence electrons. The van der Waals surface area contributed by atoms with Crippen molar-refractivity contribution in [2.75, 3.05) is 38.6 Å². The number of nitroso groups, excluding NO2 is 1. The largest absolute Gasteiger partial charge is 0.671 e. The first-order valence-electron chi connectivity index (χ1n) is 15.8. The van der Waals surface area contributed by atoms with E-state index in [1.807, 2.05) is 25.2 Å². The molecule has 1 radical (unpaired) electrons. The van der Waals surface area contributed by atoms with Crippen LogP contribution >= 0.6 is 0 Å². The second-order valence-corrected chi connectivity index (χ2v) is 11.3. The maximum Gasteiger partial charge on any atom is 0.270 e. The maximum atomic E-state index is 12.4. The molecule has 2 fully saturated rings. The molecule has 1 aliphatic heterocycles. The van der Waals surface area contributed by atoms with Crippen LogP contribution in [0.3, 0.4) is 0 Å². The number of terminal acetylenes is 1. The van der Waals surface area contributed by atoms with Crippen LogP contribution in [-0.2, 0) is 48.7 Å². The first-order chi connectivity index (χ1) is 22.8. The van der Waals surface area contributed by atoms with E-state index in [1.54, 1.807) is 25.4 Å². The number of aldehydes is 1. The van der Waals surface area contributed by atoms with Crippen molar-refractivity contribution in [2.45, 2.75) is 71.3 Å². The van der Waals surface area contributed by atoms with Gasteiger partial charge in [-0.05, 0) is 69.8 Å². The number of ketones is 1. The summed E-state index contributed by atoms with van der Waals surface area (Å²) in [6.45, 7) is 5.83. The minimum atomic E-state index is -0.111. The summed E-state index contributed by atoms with van der Waals surface area (Å²) in [6.07, 6.45) is 21.4. The number of carbonyl (C=O) groups excluding carboxylic acids is 2. The van der Waals surface area contributed by atoms with Crippen molar-refractivity contribution in [1.82, 2.24) is 24.8 Å². The van der Waals surface area contributed by atoms with Gasteiger partial charge >= 0.3 is 0 Å². The normalized spacial score (nSPS) is 16.0. The number of H-pyrrole nitrogens is 1. The number of Topliss-reactive ketones (excluding diaryl/α,β-unsaturated/α-hetero) is 1. The van der Waals surface area contributed by atoms with Crippen molar-refractivity contribution >= 4 is 29.1 Å². The van der Waals surface area contributed by atoms with E-state index in [1.165, 1.54) is 38.5 Å². The number of nitrogens with one attached hydrogen (secondary N) is 3. The zero-order valence-electron chi connectivity index (χ0n) is 28.3. The van der Waals surface area contributed by atoms with Gasteiger partial charge in [-0.1, -0.05) is 45.6 Å². The summed E-state index contributed by atoms with van der Waals surface area (Å²) < 4.78 is 5.75. The van der Waals surface area contributed by atoms with Crippen molar-refractivity contribution in [2.24, 2.45) is 11.8 Å². The van der Waals surface area contributed by atoms with E-state index in [9.17, 15) is 9.59 Å². The number of unbranched alkanes of at least 4 members (excludes halogenated alkanes) is 2. The molecule has 3 N–H and O–H groups in total. The Morgan fingerprint density at radius 3 is 2.38 bits per heavy atom. The Balaban J connectivity index is 0.000000968. The van der Waals surface area contributed by atoms with E-state index < -0.39 is 0 Å². The molecule has 1 saturated carbocycles. The fraction of sp³-hybridized carbons (Fsp3) is 0.529. The number of benzene rings is 1. The van der Waals surface area contributed by atoms with Crippen LogP contribution in [0.1, 0.15) is 64.5 Å². The number of hydrogen-bond donors (Lipinski definition) is 2. The Bertz CT molecular complexity index is 1390. The summed E-state index contributed by atoms with van der Waals surface area (Å²) in [5.74, 6) is 3.12. The monoisotopic (exact) mass is 737 g/mol. The molecule has 0 bridgehead atoms. The Kier molecular flexibility index (Phi) is 24.6. The molecule has 3 heterocycles. The van der Waals surface area contributed by atoms with Gasteiger partial charge in [0.15, 0.2) is 0 Å². The van der Waals surface area contributed by atoms with Crippen molar-refractivity contribution in [3.63, 3.8) is 0 Å². The van der Waals surface area contributed by atoms with Crippen molar-refractivity contribution < 1.29 is 47.0 Å². The van der Waals surface area contributed by atoms with E-state index >= 15 is 0 Å². The average Bonchev–Trinajstić information content (AvgIpc) is 3.86. The number of carbonyl (C=O) groups is 2. The molecular formula is C34H48N8O5Y-2. The molecule has 1 aromatic carbocycles. The number of nitrogens with zero attached hydrogens (tertiary/aromatic N) is 5. The molecular weight excluding hydrogens is 689 g/mol. The second kappa shape index (κ2) is 26.5. The molecule has 0 unspecified atom stereocenters. The third kappa shape index (κ3) is 17.1. The Hall–Kier alpha value is -3.44. The van der Waals surface area contributed by atoms with Crippen LogP contribution in [0.4, 0.5) is 5.95 Å². The van der Waals surface area contributed by atoms with E-state index in [0.29, 0.717) is 54.0 Å². The fourth-order valence-electron chi connectivity index (χ4n) is 5.24. The van der Waals surface area contributed by atoms with Crippen LogP contribution in [0.2, 0.25) is 0 Å². The first kappa shape index (κ1) is 44.6. The van der Waals surface area contributed by atoms with Crippen molar-refractivity contribution in [3.05, 3.63) is 68.9 Å². The minimum Gasteiger partial charge on any atom is -0.671 e. The molecule has 2 aliphatic rings. The van der Waals surface area contributed by atoms with E-state index in [0.717, 1.165) is 30.8 Å². The van der Waals surface area contributed by atoms with Crippen LogP contribution in [0.25, 0.3) is 22.4 Å². The summed E-state index contributed by atoms with van der Waals surface area (Å²) in [5, 5.41) is 3.09. The van der Waals surface area contributed by atoms with Gasteiger partial charge in [0.2, 0.25) is 5.95 Å². The maximum absolute atomic E-state index is 12.4. The number of aryl methyl sites for hydroxylation is 1. The summed E-state index contributed by atoms with van der Waals surface area (Å²) in [4.78, 5) is 57.5. The summed E-state index contributed by atoms with van der Waals surface area (Å²) in [5.41, 5.74) is 13.9. The molecule has 48 heavy (non-hydrogen) atoms. The average molecular weight is 738 g/mol. The van der Waals surface area contributed by atoms with Gasteiger partial charge in [-0.2, -0.15) is 0 Å². The van der Waals surface area contributed by atoms with Gasteiger partial charge in [0, 0.05) is 51.2 Å². The van der Waals surface area contributed by atoms with Crippen molar-refractivity contribution in [3.8, 4) is 18.6 Å². The Morgan fingerprint density at radius 1 is 1.17 bits per heavy atom. The van der Waals surface area contributed by atoms with E-state index in [-0.39, 0.29) is 50.9 Å². The summed E-state index contributed by atoms with van der Waals surface area (Å²) in [7, 11) is 2.02. The number of likely N-dealkylation sites (tertiary alicyclic amines) is 1. The molecule has 2 atom stereocenters. The summed E-state index contributed by atoms with van der Waals surface area (Å²) >= 11 is 0. The van der Waals surface area contributed by atoms with Crippen LogP contribution in [0.5, 0.6) is 5.75 Å². The van der Waals surface area contributed by atoms with E-state index in [2.05, 4.69) is 49.9 Å². The SMILES string of the molecule is C#C.CC(=O)[C@@H]1[C@H](C)CCN1C.O=c1[nH]c2cc(OCCNc3ncccn3)ccc2nc1CCCCCC1CC1.[N-]=O.[NH-]CC=O.[Y]. The number of fused-ring (bicyclic) bond motifs is 1. The third-order valence-corrected chi connectivity index (χ3v) is 7.63. The zero-order chi connectivity index (χ0) is 35.0. The van der Waals surface area contributed by atoms with Gasteiger partial charge in [0.1, 0.15) is 23.8 Å². The molecule has 13 nitrogen and oxygen atoms in total. The standard InChI is InChI=1S/C22H27N5O2.C8H15NO.C2H4NO.C2H2.NO.Y/c28-21-19(6-3-1-2-5-16-7-8-16)26-18-10-9-17(15-20(18)27-21)29-14-13-25-22-23-11-4-12-24-22;1-6-4-5-9(3)8(6)7(2)10;3-1-2-4;2*1-2;/h4,9-12,15-16H,1-3,5-8,13-14H2,(H,27,28)(H,23,24,25);6,8H,4-5H2,1-3H3;2-3H,1H2;1-2H;;/q;;-1;;-1;/t;6-,8+;;;;/m.1..../s1.